The first kappa shape index (κ1) is 21.5. The second-order valence-corrected chi connectivity index (χ2v) is 8.67. The van der Waals surface area contributed by atoms with Gasteiger partial charge in [-0.15, -0.1) is 0 Å². The molecule has 154 valence electrons. The molecule has 0 saturated heterocycles. The third-order valence-corrected chi connectivity index (χ3v) is 6.16. The van der Waals surface area contributed by atoms with Crippen LogP contribution in [0, 0.1) is 6.92 Å². The Balaban J connectivity index is 1.84. The third kappa shape index (κ3) is 5.43. The van der Waals surface area contributed by atoms with Crippen LogP contribution >= 0.6 is 11.6 Å². The Morgan fingerprint density at radius 3 is 2.33 bits per heavy atom. The SMILES string of the molecule is Cc1ccc(S(=O)(=O)N(CC(=O)N/N=C\c2ccncc2)c2ccc(Cl)cc2)cc1. The zero-order chi connectivity index (χ0) is 21.6. The maximum absolute atomic E-state index is 13.2. The van der Waals surface area contributed by atoms with Crippen molar-refractivity contribution in [1.29, 1.82) is 0 Å². The fourth-order valence-corrected chi connectivity index (χ4v) is 4.10. The molecule has 0 saturated carbocycles. The Kier molecular flexibility index (Phi) is 6.81. The minimum Gasteiger partial charge on any atom is -0.271 e. The molecule has 0 bridgehead atoms. The molecule has 0 atom stereocenters. The number of nitrogens with zero attached hydrogens (tertiary/aromatic N) is 3. The van der Waals surface area contributed by atoms with E-state index in [4.69, 9.17) is 11.6 Å². The van der Waals surface area contributed by atoms with Crippen molar-refractivity contribution < 1.29 is 13.2 Å². The largest absolute Gasteiger partial charge is 0.271 e. The van der Waals surface area contributed by atoms with Crippen LogP contribution in [0.4, 0.5) is 5.69 Å². The lowest BCUT2D eigenvalue weighted by atomic mass is 10.2. The molecule has 30 heavy (non-hydrogen) atoms. The van der Waals surface area contributed by atoms with Crippen molar-refractivity contribution in [1.82, 2.24) is 10.4 Å². The molecule has 0 aliphatic carbocycles. The van der Waals surface area contributed by atoms with E-state index in [-0.39, 0.29) is 4.90 Å². The van der Waals surface area contributed by atoms with Crippen LogP contribution in [0.3, 0.4) is 0 Å². The number of benzene rings is 2. The highest BCUT2D eigenvalue weighted by Gasteiger charge is 2.27. The summed E-state index contributed by atoms with van der Waals surface area (Å²) in [6.45, 7) is 1.41. The fraction of sp³-hybridized carbons (Fsp3) is 0.0952. The van der Waals surface area contributed by atoms with Gasteiger partial charge >= 0.3 is 0 Å². The molecular formula is C21H19ClN4O3S. The van der Waals surface area contributed by atoms with E-state index in [9.17, 15) is 13.2 Å². The minimum absolute atomic E-state index is 0.0798. The van der Waals surface area contributed by atoms with Crippen LogP contribution in [0.5, 0.6) is 0 Å². The number of aryl methyl sites for hydroxylation is 1. The second-order valence-electron chi connectivity index (χ2n) is 6.37. The molecule has 0 aliphatic rings. The summed E-state index contributed by atoms with van der Waals surface area (Å²) in [6.07, 6.45) is 4.64. The van der Waals surface area contributed by atoms with Gasteiger partial charge < -0.3 is 0 Å². The Morgan fingerprint density at radius 2 is 1.70 bits per heavy atom. The van der Waals surface area contributed by atoms with Crippen molar-refractivity contribution in [3.63, 3.8) is 0 Å². The summed E-state index contributed by atoms with van der Waals surface area (Å²) in [6, 6.07) is 16.1. The van der Waals surface area contributed by atoms with Gasteiger partial charge in [-0.25, -0.2) is 13.8 Å². The van der Waals surface area contributed by atoms with Gasteiger partial charge in [0.15, 0.2) is 0 Å². The molecule has 0 radical (unpaired) electrons. The monoisotopic (exact) mass is 442 g/mol. The minimum atomic E-state index is -3.99. The van der Waals surface area contributed by atoms with E-state index in [0.29, 0.717) is 10.7 Å². The second kappa shape index (κ2) is 9.51. The molecule has 9 heteroatoms. The number of aromatic nitrogens is 1. The standard InChI is InChI=1S/C21H19ClN4O3S/c1-16-2-8-20(9-3-16)30(28,29)26(19-6-4-18(22)5-7-19)15-21(27)25-24-14-17-10-12-23-13-11-17/h2-14H,15H2,1H3,(H,25,27)/b24-14-. The molecule has 0 fully saturated rings. The molecule has 2 aromatic carbocycles. The highest BCUT2D eigenvalue weighted by atomic mass is 35.5. The van der Waals surface area contributed by atoms with Crippen LogP contribution in [0.25, 0.3) is 0 Å². The van der Waals surface area contributed by atoms with Gasteiger partial charge in [-0.2, -0.15) is 5.10 Å². The van der Waals surface area contributed by atoms with Gasteiger partial charge in [-0.1, -0.05) is 29.3 Å². The molecule has 1 amide bonds. The molecule has 1 heterocycles. The fourth-order valence-electron chi connectivity index (χ4n) is 2.55. The summed E-state index contributed by atoms with van der Waals surface area (Å²) in [5.74, 6) is -0.592. The highest BCUT2D eigenvalue weighted by Crippen LogP contribution is 2.25. The van der Waals surface area contributed by atoms with Crippen LogP contribution in [-0.2, 0) is 14.8 Å². The predicted octanol–water partition coefficient (Wildman–Crippen LogP) is 3.39. The Labute approximate surface area is 180 Å². The van der Waals surface area contributed by atoms with Crippen LogP contribution in [0.1, 0.15) is 11.1 Å². The van der Waals surface area contributed by atoms with Crippen LogP contribution in [0.15, 0.2) is 83.1 Å². The Morgan fingerprint density at radius 1 is 1.07 bits per heavy atom. The number of hydrogen-bond donors (Lipinski definition) is 1. The number of sulfonamides is 1. The van der Waals surface area contributed by atoms with Crippen LogP contribution in [0.2, 0.25) is 5.02 Å². The van der Waals surface area contributed by atoms with Crippen molar-refractivity contribution in [2.75, 3.05) is 10.8 Å². The number of amides is 1. The van der Waals surface area contributed by atoms with Gasteiger partial charge in [0, 0.05) is 17.4 Å². The number of hydrazone groups is 1. The smallest absolute Gasteiger partial charge is 0.264 e. The predicted molar refractivity (Wildman–Crippen MR) is 117 cm³/mol. The molecule has 3 rings (SSSR count). The van der Waals surface area contributed by atoms with E-state index < -0.39 is 22.5 Å². The van der Waals surface area contributed by atoms with Crippen LogP contribution in [-0.4, -0.2) is 32.1 Å². The number of anilines is 1. The number of carbonyl (C=O) groups excluding carboxylic acids is 1. The number of pyridine rings is 1. The molecular weight excluding hydrogens is 424 g/mol. The molecule has 1 aromatic heterocycles. The first-order chi connectivity index (χ1) is 14.4. The van der Waals surface area contributed by atoms with E-state index in [2.05, 4.69) is 15.5 Å². The maximum Gasteiger partial charge on any atom is 0.264 e. The number of nitrogens with one attached hydrogen (secondary N) is 1. The third-order valence-electron chi connectivity index (χ3n) is 4.12. The summed E-state index contributed by atoms with van der Waals surface area (Å²) in [7, 11) is -3.99. The normalized spacial score (nSPS) is 11.4. The lowest BCUT2D eigenvalue weighted by Crippen LogP contribution is -2.39. The van der Waals surface area contributed by atoms with Crippen molar-refractivity contribution in [3.05, 3.63) is 89.2 Å². The average molecular weight is 443 g/mol. The Bertz CT molecular complexity index is 1130. The number of hydrogen-bond acceptors (Lipinski definition) is 5. The van der Waals surface area contributed by atoms with Gasteiger partial charge in [0.1, 0.15) is 6.54 Å². The molecule has 7 nitrogen and oxygen atoms in total. The van der Waals surface area contributed by atoms with Gasteiger partial charge in [-0.3, -0.25) is 14.1 Å². The van der Waals surface area contributed by atoms with E-state index in [1.807, 2.05) is 6.92 Å². The van der Waals surface area contributed by atoms with Gasteiger partial charge in [0.05, 0.1) is 16.8 Å². The topological polar surface area (TPSA) is 91.7 Å². The molecule has 1 N–H and O–H groups in total. The quantitative estimate of drug-likeness (QED) is 0.448. The lowest BCUT2D eigenvalue weighted by Gasteiger charge is -2.23. The van der Waals surface area contributed by atoms with E-state index in [1.54, 1.807) is 60.9 Å². The van der Waals surface area contributed by atoms with Crippen molar-refractivity contribution in [3.8, 4) is 0 Å². The first-order valence-electron chi connectivity index (χ1n) is 8.93. The van der Waals surface area contributed by atoms with E-state index >= 15 is 0 Å². The number of carbonyl (C=O) groups is 1. The molecule has 0 unspecified atom stereocenters. The van der Waals surface area contributed by atoms with E-state index in [1.165, 1.54) is 18.3 Å². The van der Waals surface area contributed by atoms with Crippen molar-refractivity contribution in [2.45, 2.75) is 11.8 Å². The zero-order valence-electron chi connectivity index (χ0n) is 16.1. The summed E-state index contributed by atoms with van der Waals surface area (Å²) in [4.78, 5) is 16.4. The molecule has 3 aromatic rings. The average Bonchev–Trinajstić information content (AvgIpc) is 2.74. The van der Waals surface area contributed by atoms with Gasteiger partial charge in [0.2, 0.25) is 0 Å². The first-order valence-corrected chi connectivity index (χ1v) is 10.7. The molecule has 0 aliphatic heterocycles. The zero-order valence-corrected chi connectivity index (χ0v) is 17.6. The van der Waals surface area contributed by atoms with Crippen molar-refractivity contribution >= 4 is 39.4 Å². The summed E-state index contributed by atoms with van der Waals surface area (Å²) >= 11 is 5.93. The van der Waals surface area contributed by atoms with E-state index in [0.717, 1.165) is 15.4 Å². The maximum atomic E-state index is 13.2. The van der Waals surface area contributed by atoms with Gasteiger partial charge in [0.25, 0.3) is 15.9 Å². The summed E-state index contributed by atoms with van der Waals surface area (Å²) < 4.78 is 27.5. The Hall–Kier alpha value is -3.23. The number of halogens is 1. The summed E-state index contributed by atoms with van der Waals surface area (Å²) in [5, 5.41) is 4.33. The number of rotatable bonds is 7. The highest BCUT2D eigenvalue weighted by molar-refractivity contribution is 7.92. The lowest BCUT2D eigenvalue weighted by molar-refractivity contribution is -0.119. The molecule has 0 spiro atoms. The summed E-state index contributed by atoms with van der Waals surface area (Å²) in [5.41, 5.74) is 4.34. The van der Waals surface area contributed by atoms with Crippen LogP contribution < -0.4 is 9.73 Å². The van der Waals surface area contributed by atoms with Crippen molar-refractivity contribution in [2.24, 2.45) is 5.10 Å². The van der Waals surface area contributed by atoms with Gasteiger partial charge in [-0.05, 0) is 61.0 Å².